The molecule has 0 spiro atoms. The van der Waals surface area contributed by atoms with Crippen molar-refractivity contribution in [3.63, 3.8) is 0 Å². The van der Waals surface area contributed by atoms with Crippen molar-refractivity contribution < 1.29 is 19.4 Å². The van der Waals surface area contributed by atoms with Crippen LogP contribution in [0.15, 0.2) is 29.8 Å². The lowest BCUT2D eigenvalue weighted by Gasteiger charge is -2.20. The second-order valence-corrected chi connectivity index (χ2v) is 3.85. The summed E-state index contributed by atoms with van der Waals surface area (Å²) in [6.45, 7) is 0. The number of hydrogen-bond donors (Lipinski definition) is 1. The Bertz CT molecular complexity index is 514. The van der Waals surface area contributed by atoms with Crippen molar-refractivity contribution in [3.8, 4) is 0 Å². The predicted molar refractivity (Wildman–Crippen MR) is 61.6 cm³/mol. The molecule has 0 aliphatic heterocycles. The van der Waals surface area contributed by atoms with Gasteiger partial charge in [-0.2, -0.15) is 0 Å². The maximum Gasteiger partial charge on any atom is 0.307 e. The lowest BCUT2D eigenvalue weighted by molar-refractivity contribution is -0.136. The molecule has 0 fully saturated rings. The van der Waals surface area contributed by atoms with E-state index in [1.54, 1.807) is 24.3 Å². The van der Waals surface area contributed by atoms with Gasteiger partial charge >= 0.3 is 5.97 Å². The quantitative estimate of drug-likeness (QED) is 0.866. The standard InChI is InChI=1S/C13H12O4/c1-17-13-8(7-12(15)16)6-11(14)9-4-2-3-5-10(9)13/h2-5H,6-7H2,1H3,(H,15,16). The van der Waals surface area contributed by atoms with E-state index in [2.05, 4.69) is 0 Å². The summed E-state index contributed by atoms with van der Waals surface area (Å²) in [5.74, 6) is -0.498. The summed E-state index contributed by atoms with van der Waals surface area (Å²) in [5, 5.41) is 8.81. The molecule has 0 amide bonds. The third-order valence-electron chi connectivity index (χ3n) is 2.74. The molecule has 1 aliphatic rings. The minimum absolute atomic E-state index is 0.0577. The van der Waals surface area contributed by atoms with Gasteiger partial charge in [0.1, 0.15) is 5.76 Å². The largest absolute Gasteiger partial charge is 0.496 e. The van der Waals surface area contributed by atoms with E-state index >= 15 is 0 Å². The van der Waals surface area contributed by atoms with Gasteiger partial charge < -0.3 is 9.84 Å². The van der Waals surface area contributed by atoms with Gasteiger partial charge in [-0.1, -0.05) is 24.3 Å². The number of ketones is 1. The van der Waals surface area contributed by atoms with Gasteiger partial charge in [0.05, 0.1) is 13.5 Å². The zero-order valence-electron chi connectivity index (χ0n) is 9.40. The highest BCUT2D eigenvalue weighted by Crippen LogP contribution is 2.33. The molecule has 0 heterocycles. The van der Waals surface area contributed by atoms with Crippen LogP contribution in [-0.4, -0.2) is 24.0 Å². The van der Waals surface area contributed by atoms with Gasteiger partial charge in [0.15, 0.2) is 5.78 Å². The lowest BCUT2D eigenvalue weighted by Crippen LogP contribution is -2.15. The van der Waals surface area contributed by atoms with E-state index in [-0.39, 0.29) is 18.6 Å². The monoisotopic (exact) mass is 232 g/mol. The highest BCUT2D eigenvalue weighted by molar-refractivity contribution is 6.05. The predicted octanol–water partition coefficient (Wildman–Crippen LogP) is 2.11. The minimum atomic E-state index is -0.957. The third kappa shape index (κ3) is 2.06. The molecule has 1 aliphatic carbocycles. The number of benzene rings is 1. The molecule has 0 saturated carbocycles. The summed E-state index contributed by atoms with van der Waals surface area (Å²) >= 11 is 0. The molecular formula is C13H12O4. The second-order valence-electron chi connectivity index (χ2n) is 3.85. The molecule has 4 nitrogen and oxygen atoms in total. The van der Waals surface area contributed by atoms with Crippen LogP contribution in [-0.2, 0) is 9.53 Å². The summed E-state index contributed by atoms with van der Waals surface area (Å²) in [5.41, 5.74) is 1.81. The topological polar surface area (TPSA) is 63.6 Å². The van der Waals surface area contributed by atoms with Crippen LogP contribution < -0.4 is 0 Å². The average molecular weight is 232 g/mol. The summed E-state index contributed by atoms with van der Waals surface area (Å²) < 4.78 is 5.24. The Balaban J connectivity index is 2.54. The number of carboxylic acids is 1. The van der Waals surface area contributed by atoms with Crippen molar-refractivity contribution >= 4 is 17.5 Å². The number of carbonyl (C=O) groups excluding carboxylic acids is 1. The maximum absolute atomic E-state index is 11.9. The lowest BCUT2D eigenvalue weighted by atomic mass is 9.88. The van der Waals surface area contributed by atoms with Crippen LogP contribution in [0.2, 0.25) is 0 Å². The van der Waals surface area contributed by atoms with Crippen LogP contribution in [0, 0.1) is 0 Å². The molecule has 4 heteroatoms. The Morgan fingerprint density at radius 1 is 1.35 bits per heavy atom. The van der Waals surface area contributed by atoms with Crippen LogP contribution in [0.5, 0.6) is 0 Å². The summed E-state index contributed by atoms with van der Waals surface area (Å²) in [6.07, 6.45) is -0.0459. The smallest absolute Gasteiger partial charge is 0.307 e. The second kappa shape index (κ2) is 4.41. The van der Waals surface area contributed by atoms with Crippen LogP contribution >= 0.6 is 0 Å². The van der Waals surface area contributed by atoms with Crippen LogP contribution in [0.3, 0.4) is 0 Å². The van der Waals surface area contributed by atoms with Crippen molar-refractivity contribution in [2.75, 3.05) is 7.11 Å². The first kappa shape index (κ1) is 11.4. The number of Topliss-reactive ketones (excluding diaryl/α,β-unsaturated/α-hetero) is 1. The number of aliphatic carboxylic acids is 1. The third-order valence-corrected chi connectivity index (χ3v) is 2.74. The van der Waals surface area contributed by atoms with E-state index in [0.29, 0.717) is 22.5 Å². The number of hydrogen-bond acceptors (Lipinski definition) is 3. The van der Waals surface area contributed by atoms with E-state index in [1.807, 2.05) is 0 Å². The Morgan fingerprint density at radius 3 is 2.59 bits per heavy atom. The first-order valence-corrected chi connectivity index (χ1v) is 5.24. The fourth-order valence-electron chi connectivity index (χ4n) is 2.06. The van der Waals surface area contributed by atoms with E-state index in [9.17, 15) is 9.59 Å². The molecule has 0 saturated heterocycles. The Morgan fingerprint density at radius 2 is 2.00 bits per heavy atom. The van der Waals surface area contributed by atoms with Crippen molar-refractivity contribution in [2.24, 2.45) is 0 Å². The minimum Gasteiger partial charge on any atom is -0.496 e. The normalized spacial score (nSPS) is 14.5. The molecule has 1 aromatic rings. The van der Waals surface area contributed by atoms with Gasteiger partial charge in [-0.3, -0.25) is 9.59 Å². The summed E-state index contributed by atoms with van der Waals surface area (Å²) in [4.78, 5) is 22.6. The van der Waals surface area contributed by atoms with Crippen molar-refractivity contribution in [3.05, 3.63) is 41.0 Å². The van der Waals surface area contributed by atoms with Crippen molar-refractivity contribution in [2.45, 2.75) is 12.8 Å². The first-order valence-electron chi connectivity index (χ1n) is 5.24. The highest BCUT2D eigenvalue weighted by atomic mass is 16.5. The van der Waals surface area contributed by atoms with Gasteiger partial charge in [0.25, 0.3) is 0 Å². The summed E-state index contributed by atoms with van der Waals surface area (Å²) in [6, 6.07) is 7.09. The number of carbonyl (C=O) groups is 2. The molecule has 0 unspecified atom stereocenters. The van der Waals surface area contributed by atoms with Crippen LogP contribution in [0.1, 0.15) is 28.8 Å². The van der Waals surface area contributed by atoms with Crippen LogP contribution in [0.4, 0.5) is 0 Å². The van der Waals surface area contributed by atoms with Crippen LogP contribution in [0.25, 0.3) is 5.76 Å². The number of methoxy groups -OCH3 is 1. The molecule has 1 aromatic carbocycles. The fourth-order valence-corrected chi connectivity index (χ4v) is 2.06. The van der Waals surface area contributed by atoms with Gasteiger partial charge in [-0.25, -0.2) is 0 Å². The van der Waals surface area contributed by atoms with Crippen molar-refractivity contribution in [1.82, 2.24) is 0 Å². The molecule has 17 heavy (non-hydrogen) atoms. The van der Waals surface area contributed by atoms with E-state index in [4.69, 9.17) is 9.84 Å². The van der Waals surface area contributed by atoms with E-state index in [0.717, 1.165) is 0 Å². The van der Waals surface area contributed by atoms with E-state index < -0.39 is 5.97 Å². The molecule has 2 rings (SSSR count). The SMILES string of the molecule is COC1=C(CC(=O)O)CC(=O)c2ccccc21. The number of rotatable bonds is 3. The van der Waals surface area contributed by atoms with Gasteiger partial charge in [-0.05, 0) is 5.57 Å². The molecule has 0 radical (unpaired) electrons. The Kier molecular flexibility index (Phi) is 2.95. The fraction of sp³-hybridized carbons (Fsp3) is 0.231. The molecule has 1 N–H and O–H groups in total. The molecule has 0 atom stereocenters. The first-order chi connectivity index (χ1) is 8.13. The Labute approximate surface area is 98.5 Å². The number of fused-ring (bicyclic) bond motifs is 1. The highest BCUT2D eigenvalue weighted by Gasteiger charge is 2.26. The van der Waals surface area contributed by atoms with Crippen molar-refractivity contribution in [1.29, 1.82) is 0 Å². The molecule has 0 aromatic heterocycles. The van der Waals surface area contributed by atoms with Gasteiger partial charge in [-0.15, -0.1) is 0 Å². The zero-order chi connectivity index (χ0) is 12.4. The van der Waals surface area contributed by atoms with Gasteiger partial charge in [0.2, 0.25) is 0 Å². The zero-order valence-corrected chi connectivity index (χ0v) is 9.40. The average Bonchev–Trinajstić information content (AvgIpc) is 2.29. The molecule has 0 bridgehead atoms. The maximum atomic E-state index is 11.9. The van der Waals surface area contributed by atoms with E-state index in [1.165, 1.54) is 7.11 Å². The molecular weight excluding hydrogens is 220 g/mol. The summed E-state index contributed by atoms with van der Waals surface area (Å²) in [7, 11) is 1.49. The molecule has 88 valence electrons. The number of ether oxygens (including phenoxy) is 1. The Hall–Kier alpha value is -2.10. The van der Waals surface area contributed by atoms with Gasteiger partial charge in [0, 0.05) is 17.5 Å². The number of carboxylic acid groups (broad SMARTS) is 1.